The lowest BCUT2D eigenvalue weighted by atomic mass is 9.99. The second-order valence-electron chi connectivity index (χ2n) is 3.51. The van der Waals surface area contributed by atoms with Crippen molar-refractivity contribution in [2.75, 3.05) is 0 Å². The number of hydrogen-bond acceptors (Lipinski definition) is 0. The lowest BCUT2D eigenvalue weighted by molar-refractivity contribution is 1.04. The molecule has 0 aromatic heterocycles. The third kappa shape index (κ3) is 1.89. The summed E-state index contributed by atoms with van der Waals surface area (Å²) in [5, 5.41) is 0. The van der Waals surface area contributed by atoms with Gasteiger partial charge in [-0.25, -0.2) is 0 Å². The van der Waals surface area contributed by atoms with Crippen LogP contribution in [0.25, 0.3) is 5.57 Å². The SMILES string of the molecule is Cc1ccc(C2=CCCC=C2)cc1. The normalized spacial score (nSPS) is 15.6. The molecule has 1 aliphatic rings. The maximum atomic E-state index is 2.31. The molecule has 0 fully saturated rings. The van der Waals surface area contributed by atoms with Gasteiger partial charge in [0.2, 0.25) is 0 Å². The Morgan fingerprint density at radius 1 is 1.00 bits per heavy atom. The monoisotopic (exact) mass is 170 g/mol. The van der Waals surface area contributed by atoms with Gasteiger partial charge >= 0.3 is 0 Å². The van der Waals surface area contributed by atoms with E-state index in [4.69, 9.17) is 0 Å². The Hall–Kier alpha value is -1.30. The van der Waals surface area contributed by atoms with Crippen LogP contribution in [0.4, 0.5) is 0 Å². The van der Waals surface area contributed by atoms with Crippen LogP contribution < -0.4 is 0 Å². The van der Waals surface area contributed by atoms with Crippen molar-refractivity contribution in [2.45, 2.75) is 19.8 Å². The van der Waals surface area contributed by atoms with Gasteiger partial charge in [-0.15, -0.1) is 0 Å². The van der Waals surface area contributed by atoms with Crippen LogP contribution in [-0.2, 0) is 0 Å². The summed E-state index contributed by atoms with van der Waals surface area (Å²) in [5.74, 6) is 0. The highest BCUT2D eigenvalue weighted by Crippen LogP contribution is 2.21. The minimum Gasteiger partial charge on any atom is -0.0836 e. The highest BCUT2D eigenvalue weighted by Gasteiger charge is 1.99. The van der Waals surface area contributed by atoms with Crippen LogP contribution in [0.2, 0.25) is 0 Å². The molecule has 66 valence electrons. The maximum Gasteiger partial charge on any atom is -0.0187 e. The van der Waals surface area contributed by atoms with Gasteiger partial charge in [0.1, 0.15) is 0 Å². The number of rotatable bonds is 1. The largest absolute Gasteiger partial charge is 0.0836 e. The molecule has 0 radical (unpaired) electrons. The third-order valence-corrected chi connectivity index (χ3v) is 2.38. The van der Waals surface area contributed by atoms with Gasteiger partial charge in [0.25, 0.3) is 0 Å². The van der Waals surface area contributed by atoms with Crippen LogP contribution in [0.15, 0.2) is 42.5 Å². The topological polar surface area (TPSA) is 0 Å². The second kappa shape index (κ2) is 3.61. The summed E-state index contributed by atoms with van der Waals surface area (Å²) >= 11 is 0. The van der Waals surface area contributed by atoms with E-state index < -0.39 is 0 Å². The van der Waals surface area contributed by atoms with Crippen LogP contribution in [-0.4, -0.2) is 0 Å². The number of benzene rings is 1. The molecule has 1 aromatic rings. The molecule has 0 saturated heterocycles. The van der Waals surface area contributed by atoms with Crippen molar-refractivity contribution in [3.05, 3.63) is 53.6 Å². The Balaban J connectivity index is 2.30. The number of allylic oxidation sites excluding steroid dienone is 4. The molecule has 0 heteroatoms. The standard InChI is InChI=1S/C13H14/c1-11-7-9-13(10-8-11)12-5-3-2-4-6-12/h3,5-10H,2,4H2,1H3. The van der Waals surface area contributed by atoms with Gasteiger partial charge in [0.05, 0.1) is 0 Å². The first-order valence-corrected chi connectivity index (χ1v) is 4.80. The maximum absolute atomic E-state index is 2.31. The Bertz CT molecular complexity index is 339. The molecule has 2 rings (SSSR count). The van der Waals surface area contributed by atoms with Gasteiger partial charge in [0, 0.05) is 0 Å². The molecule has 1 aliphatic carbocycles. The lowest BCUT2D eigenvalue weighted by Crippen LogP contribution is -1.85. The first-order chi connectivity index (χ1) is 6.36. The molecule has 0 aliphatic heterocycles. The van der Waals surface area contributed by atoms with Crippen molar-refractivity contribution in [3.8, 4) is 0 Å². The summed E-state index contributed by atoms with van der Waals surface area (Å²) in [6.45, 7) is 2.12. The Labute approximate surface area is 79.6 Å². The van der Waals surface area contributed by atoms with Crippen LogP contribution in [0.3, 0.4) is 0 Å². The van der Waals surface area contributed by atoms with E-state index in [1.54, 1.807) is 0 Å². The predicted molar refractivity (Wildman–Crippen MR) is 57.5 cm³/mol. The zero-order valence-corrected chi connectivity index (χ0v) is 7.96. The van der Waals surface area contributed by atoms with Gasteiger partial charge in [-0.1, -0.05) is 48.1 Å². The van der Waals surface area contributed by atoms with Crippen molar-refractivity contribution in [1.82, 2.24) is 0 Å². The number of hydrogen-bond donors (Lipinski definition) is 0. The summed E-state index contributed by atoms with van der Waals surface area (Å²) in [7, 11) is 0. The Morgan fingerprint density at radius 3 is 2.38 bits per heavy atom. The van der Waals surface area contributed by atoms with Gasteiger partial charge in [-0.2, -0.15) is 0 Å². The molecule has 1 aromatic carbocycles. The average molecular weight is 170 g/mol. The molecule has 0 atom stereocenters. The second-order valence-corrected chi connectivity index (χ2v) is 3.51. The van der Waals surface area contributed by atoms with E-state index in [-0.39, 0.29) is 0 Å². The average Bonchev–Trinajstić information content (AvgIpc) is 2.20. The van der Waals surface area contributed by atoms with Gasteiger partial charge in [-0.3, -0.25) is 0 Å². The Kier molecular flexibility index (Phi) is 2.31. The molecule has 0 saturated carbocycles. The lowest BCUT2D eigenvalue weighted by Gasteiger charge is -2.06. The van der Waals surface area contributed by atoms with Gasteiger partial charge < -0.3 is 0 Å². The van der Waals surface area contributed by atoms with Crippen molar-refractivity contribution >= 4 is 5.57 Å². The summed E-state index contributed by atoms with van der Waals surface area (Å²) in [6, 6.07) is 8.71. The minimum absolute atomic E-state index is 1.18. The van der Waals surface area contributed by atoms with Crippen molar-refractivity contribution < 1.29 is 0 Å². The van der Waals surface area contributed by atoms with Crippen LogP contribution in [0.5, 0.6) is 0 Å². The fourth-order valence-electron chi connectivity index (χ4n) is 1.57. The summed E-state index contributed by atoms with van der Waals surface area (Å²) < 4.78 is 0. The van der Waals surface area contributed by atoms with E-state index in [1.165, 1.54) is 29.5 Å². The van der Waals surface area contributed by atoms with Crippen molar-refractivity contribution in [1.29, 1.82) is 0 Å². The Morgan fingerprint density at radius 2 is 1.77 bits per heavy atom. The fourth-order valence-corrected chi connectivity index (χ4v) is 1.57. The highest BCUT2D eigenvalue weighted by atomic mass is 14.0. The first kappa shape index (κ1) is 8.31. The summed E-state index contributed by atoms with van der Waals surface area (Å²) in [6.07, 6.45) is 9.14. The molecule has 0 bridgehead atoms. The molecule has 0 spiro atoms. The van der Waals surface area contributed by atoms with Crippen LogP contribution in [0.1, 0.15) is 24.0 Å². The molecule has 13 heavy (non-hydrogen) atoms. The zero-order chi connectivity index (χ0) is 9.10. The smallest absolute Gasteiger partial charge is 0.0187 e. The van der Waals surface area contributed by atoms with Crippen molar-refractivity contribution in [3.63, 3.8) is 0 Å². The highest BCUT2D eigenvalue weighted by molar-refractivity contribution is 5.74. The van der Waals surface area contributed by atoms with E-state index in [0.717, 1.165) is 0 Å². The third-order valence-electron chi connectivity index (χ3n) is 2.38. The van der Waals surface area contributed by atoms with E-state index in [1.807, 2.05) is 0 Å². The predicted octanol–water partition coefficient (Wildman–Crippen LogP) is 3.73. The van der Waals surface area contributed by atoms with Gasteiger partial charge in [0.15, 0.2) is 0 Å². The zero-order valence-electron chi connectivity index (χ0n) is 7.96. The molecule has 0 amide bonds. The minimum atomic E-state index is 1.18. The molecular formula is C13H14. The van der Waals surface area contributed by atoms with Gasteiger partial charge in [-0.05, 0) is 30.9 Å². The van der Waals surface area contributed by atoms with E-state index in [2.05, 4.69) is 49.4 Å². The molecule has 0 N–H and O–H groups in total. The molecule has 0 unspecified atom stereocenters. The van der Waals surface area contributed by atoms with E-state index >= 15 is 0 Å². The van der Waals surface area contributed by atoms with Crippen molar-refractivity contribution in [2.24, 2.45) is 0 Å². The molecule has 0 nitrogen and oxygen atoms in total. The first-order valence-electron chi connectivity index (χ1n) is 4.80. The molecular weight excluding hydrogens is 156 g/mol. The fraction of sp³-hybridized carbons (Fsp3) is 0.231. The van der Waals surface area contributed by atoms with E-state index in [9.17, 15) is 0 Å². The van der Waals surface area contributed by atoms with Crippen LogP contribution >= 0.6 is 0 Å². The quantitative estimate of drug-likeness (QED) is 0.602. The molecule has 0 heterocycles. The number of aryl methyl sites for hydroxylation is 1. The van der Waals surface area contributed by atoms with Crippen LogP contribution in [0, 0.1) is 6.92 Å². The van der Waals surface area contributed by atoms with E-state index in [0.29, 0.717) is 0 Å². The summed E-state index contributed by atoms with van der Waals surface area (Å²) in [5.41, 5.74) is 4.02. The summed E-state index contributed by atoms with van der Waals surface area (Å²) in [4.78, 5) is 0.